The Morgan fingerprint density at radius 1 is 0.878 bits per heavy atom. The van der Waals surface area contributed by atoms with E-state index in [4.69, 9.17) is 30.5 Å². The smallest absolute Gasteiger partial charge is 0.338 e. The third-order valence-electron chi connectivity index (χ3n) is 6.15. The Morgan fingerprint density at radius 2 is 1.49 bits per heavy atom. The van der Waals surface area contributed by atoms with Crippen LogP contribution in [0.1, 0.15) is 36.6 Å². The molecule has 2 heterocycles. The third-order valence-corrected chi connectivity index (χ3v) is 7.32. The van der Waals surface area contributed by atoms with Crippen LogP contribution in [0, 0.1) is 0 Å². The summed E-state index contributed by atoms with van der Waals surface area (Å²) in [7, 11) is 4.49. The molecule has 0 aliphatic carbocycles. The van der Waals surface area contributed by atoms with Gasteiger partial charge in [-0.3, -0.25) is 14.4 Å². The number of ketones is 1. The number of hydrogen-bond acceptors (Lipinski definition) is 10. The lowest BCUT2D eigenvalue weighted by molar-refractivity contribution is 0.0871. The van der Waals surface area contributed by atoms with Gasteiger partial charge in [0.25, 0.3) is 11.8 Å². The normalized spacial score (nSPS) is 12.3. The minimum Gasteiger partial charge on any atom is -0.493 e. The number of ether oxygens (including phenoxy) is 4. The first-order chi connectivity index (χ1) is 19.9. The summed E-state index contributed by atoms with van der Waals surface area (Å²) < 4.78 is 23.3. The maximum absolute atomic E-state index is 13.4. The second-order valence-electron chi connectivity index (χ2n) is 8.59. The fourth-order valence-corrected chi connectivity index (χ4v) is 5.11. The quantitative estimate of drug-likeness (QED) is 0.140. The van der Waals surface area contributed by atoms with Crippen LogP contribution in [0.4, 0.5) is 0 Å². The molecule has 5 rings (SSSR count). The predicted molar refractivity (Wildman–Crippen MR) is 150 cm³/mol. The average molecular weight is 595 g/mol. The lowest BCUT2D eigenvalue weighted by Crippen LogP contribution is -2.40. The second-order valence-corrected chi connectivity index (χ2v) is 9.96. The molecule has 13 heteroatoms. The maximum atomic E-state index is 13.4. The van der Waals surface area contributed by atoms with Crippen molar-refractivity contribution < 1.29 is 33.3 Å². The summed E-state index contributed by atoms with van der Waals surface area (Å²) in [6.07, 6.45) is 0. The Bertz CT molecular complexity index is 1580. The molecule has 41 heavy (non-hydrogen) atoms. The fourth-order valence-electron chi connectivity index (χ4n) is 4.18. The summed E-state index contributed by atoms with van der Waals surface area (Å²) in [6.45, 7) is -0.0492. The van der Waals surface area contributed by atoms with E-state index >= 15 is 0 Å². The number of Topliss-reactive ketones (excluding diaryl/α,β-unsaturated/α-hetero) is 1. The molecule has 0 N–H and O–H groups in total. The van der Waals surface area contributed by atoms with Crippen LogP contribution in [-0.2, 0) is 6.61 Å². The summed E-state index contributed by atoms with van der Waals surface area (Å²) >= 11 is 6.94. The van der Waals surface area contributed by atoms with Crippen LogP contribution in [0.2, 0.25) is 5.02 Å². The molecule has 210 valence electrons. The van der Waals surface area contributed by atoms with Crippen LogP contribution in [0.3, 0.4) is 0 Å². The van der Waals surface area contributed by atoms with Gasteiger partial charge < -0.3 is 18.9 Å². The highest BCUT2D eigenvalue weighted by atomic mass is 35.5. The van der Waals surface area contributed by atoms with Crippen molar-refractivity contribution in [3.8, 4) is 23.3 Å². The number of fused-ring (bicyclic) bond motifs is 1. The lowest BCUT2D eigenvalue weighted by atomic mass is 10.1. The van der Waals surface area contributed by atoms with Crippen LogP contribution in [-0.4, -0.2) is 59.6 Å². The number of imide groups is 1. The standard InChI is InChI=1S/C28H23ClN4O7S/c1-37-22-12-16(13-23(38-2)24(22)39-3)14-40-27-30-31-28(41-15-21(34)17-8-10-18(29)11-9-17)33(27)32-25(35)19-6-4-5-7-20(19)26(32)36/h4-13H,14-15H2,1-3H3. The Labute approximate surface area is 243 Å². The van der Waals surface area contributed by atoms with Gasteiger partial charge >= 0.3 is 6.01 Å². The van der Waals surface area contributed by atoms with Gasteiger partial charge in [0.15, 0.2) is 17.3 Å². The zero-order valence-electron chi connectivity index (χ0n) is 22.1. The van der Waals surface area contributed by atoms with Crippen LogP contribution in [0.15, 0.2) is 65.8 Å². The molecule has 0 spiro atoms. The zero-order valence-corrected chi connectivity index (χ0v) is 23.7. The van der Waals surface area contributed by atoms with Gasteiger partial charge in [-0.15, -0.1) is 5.10 Å². The fraction of sp³-hybridized carbons (Fsp3) is 0.179. The number of methoxy groups -OCH3 is 3. The van der Waals surface area contributed by atoms with Crippen molar-refractivity contribution in [2.45, 2.75) is 11.8 Å². The van der Waals surface area contributed by atoms with Gasteiger partial charge in [-0.05, 0) is 54.1 Å². The van der Waals surface area contributed by atoms with E-state index in [1.54, 1.807) is 60.7 Å². The molecule has 0 unspecified atom stereocenters. The number of amides is 2. The zero-order chi connectivity index (χ0) is 29.1. The molecule has 0 saturated heterocycles. The Balaban J connectivity index is 1.46. The van der Waals surface area contributed by atoms with E-state index in [9.17, 15) is 14.4 Å². The molecule has 3 aromatic carbocycles. The number of carbonyl (C=O) groups is 3. The number of rotatable bonds is 11. The van der Waals surface area contributed by atoms with Crippen molar-refractivity contribution in [1.29, 1.82) is 0 Å². The van der Waals surface area contributed by atoms with Crippen molar-refractivity contribution in [3.05, 3.63) is 87.9 Å². The number of hydrogen-bond donors (Lipinski definition) is 0. The van der Waals surface area contributed by atoms with E-state index in [1.165, 1.54) is 26.0 Å². The highest BCUT2D eigenvalue weighted by Crippen LogP contribution is 2.38. The number of nitrogens with zero attached hydrogens (tertiary/aromatic N) is 4. The minimum atomic E-state index is -0.575. The summed E-state index contributed by atoms with van der Waals surface area (Å²) in [5, 5.41) is 9.77. The molecule has 1 aromatic heterocycles. The molecule has 1 aliphatic rings. The van der Waals surface area contributed by atoms with Crippen LogP contribution in [0.5, 0.6) is 23.3 Å². The molecule has 0 atom stereocenters. The topological polar surface area (TPSA) is 122 Å². The van der Waals surface area contributed by atoms with E-state index < -0.39 is 11.8 Å². The van der Waals surface area contributed by atoms with E-state index in [1.807, 2.05) is 0 Å². The largest absolute Gasteiger partial charge is 0.493 e. The van der Waals surface area contributed by atoms with Crippen molar-refractivity contribution >= 4 is 41.0 Å². The van der Waals surface area contributed by atoms with Gasteiger partial charge in [0.05, 0.1) is 38.2 Å². The molecular weight excluding hydrogens is 572 g/mol. The SMILES string of the molecule is COc1cc(COc2nnc(SCC(=O)c3ccc(Cl)cc3)n2N2C(=O)c3ccccc3C2=O)cc(OC)c1OC. The van der Waals surface area contributed by atoms with Gasteiger partial charge in [-0.25, -0.2) is 0 Å². The van der Waals surface area contributed by atoms with Crippen LogP contribution < -0.4 is 24.0 Å². The number of benzene rings is 3. The molecule has 2 amide bonds. The van der Waals surface area contributed by atoms with Gasteiger partial charge in [-0.1, -0.05) is 40.6 Å². The summed E-state index contributed by atoms with van der Waals surface area (Å²) in [5.41, 5.74) is 1.54. The van der Waals surface area contributed by atoms with Crippen molar-refractivity contribution in [2.24, 2.45) is 0 Å². The molecule has 0 saturated carbocycles. The highest BCUT2D eigenvalue weighted by Gasteiger charge is 2.40. The van der Waals surface area contributed by atoms with Crippen LogP contribution >= 0.6 is 23.4 Å². The lowest BCUT2D eigenvalue weighted by Gasteiger charge is -2.19. The molecule has 0 fully saturated rings. The molecule has 0 bridgehead atoms. The van der Waals surface area contributed by atoms with Crippen molar-refractivity contribution in [1.82, 2.24) is 14.9 Å². The van der Waals surface area contributed by atoms with Crippen molar-refractivity contribution in [2.75, 3.05) is 32.1 Å². The summed E-state index contributed by atoms with van der Waals surface area (Å²) in [4.78, 5) is 39.5. The second kappa shape index (κ2) is 11.9. The predicted octanol–water partition coefficient (Wildman–Crippen LogP) is 4.44. The molecule has 4 aromatic rings. The Hall–Kier alpha value is -4.55. The van der Waals surface area contributed by atoms with Gasteiger partial charge in [-0.2, -0.15) is 9.69 Å². The maximum Gasteiger partial charge on any atom is 0.338 e. The number of thioether (sulfide) groups is 1. The minimum absolute atomic E-state index is 0.0458. The Kier molecular flexibility index (Phi) is 8.13. The highest BCUT2D eigenvalue weighted by molar-refractivity contribution is 7.99. The monoisotopic (exact) mass is 594 g/mol. The molecular formula is C28H23ClN4O7S. The third kappa shape index (κ3) is 5.43. The number of carbonyl (C=O) groups excluding carboxylic acids is 3. The van der Waals surface area contributed by atoms with Gasteiger partial charge in [0.1, 0.15) is 6.61 Å². The van der Waals surface area contributed by atoms with E-state index in [0.29, 0.717) is 33.4 Å². The van der Waals surface area contributed by atoms with E-state index in [-0.39, 0.29) is 40.4 Å². The first-order valence-electron chi connectivity index (χ1n) is 12.1. The van der Waals surface area contributed by atoms with Crippen LogP contribution in [0.25, 0.3) is 0 Å². The molecule has 11 nitrogen and oxygen atoms in total. The van der Waals surface area contributed by atoms with Gasteiger partial charge in [0, 0.05) is 10.6 Å². The van der Waals surface area contributed by atoms with E-state index in [0.717, 1.165) is 16.8 Å². The molecule has 1 aliphatic heterocycles. The number of aromatic nitrogens is 3. The first kappa shape index (κ1) is 28.0. The van der Waals surface area contributed by atoms with E-state index in [2.05, 4.69) is 10.2 Å². The molecule has 0 radical (unpaired) electrons. The Morgan fingerprint density at radius 3 is 2.05 bits per heavy atom. The average Bonchev–Trinajstić information content (AvgIpc) is 3.50. The summed E-state index contributed by atoms with van der Waals surface area (Å²) in [6, 6.07) is 16.2. The summed E-state index contributed by atoms with van der Waals surface area (Å²) in [5.74, 6) is -0.146. The number of halogens is 1. The van der Waals surface area contributed by atoms with Crippen molar-refractivity contribution in [3.63, 3.8) is 0 Å². The first-order valence-corrected chi connectivity index (χ1v) is 13.5. The van der Waals surface area contributed by atoms with Gasteiger partial charge in [0.2, 0.25) is 10.9 Å².